The fraction of sp³-hybridized carbons (Fsp3) is 0.579. The van der Waals surface area contributed by atoms with Gasteiger partial charge in [0, 0.05) is 36.2 Å². The smallest absolute Gasteiger partial charge is 0.333 e. The Balaban J connectivity index is 1.74. The molecule has 148 valence electrons. The number of nitrogens with one attached hydrogen (secondary N) is 1. The zero-order valence-corrected chi connectivity index (χ0v) is 16.7. The summed E-state index contributed by atoms with van der Waals surface area (Å²) in [6, 6.07) is 3.62. The number of halogens is 3. The molecule has 2 aromatic rings. The SMILES string of the molecule is CN(C)CC1(C)CCC(Nc2cc(Cl)ncc2-c2ccn(C(F)F)n2)CC1. The van der Waals surface area contributed by atoms with Gasteiger partial charge in [0.05, 0.1) is 5.69 Å². The third-order valence-corrected chi connectivity index (χ3v) is 5.41. The van der Waals surface area contributed by atoms with Crippen LogP contribution in [0, 0.1) is 5.41 Å². The first-order valence-electron chi connectivity index (χ1n) is 9.16. The molecule has 2 aromatic heterocycles. The van der Waals surface area contributed by atoms with E-state index in [0.717, 1.165) is 37.9 Å². The number of anilines is 1. The van der Waals surface area contributed by atoms with E-state index in [0.29, 0.717) is 32.5 Å². The number of alkyl halides is 2. The van der Waals surface area contributed by atoms with Gasteiger partial charge in [-0.15, -0.1) is 0 Å². The second-order valence-electron chi connectivity index (χ2n) is 7.98. The van der Waals surface area contributed by atoms with Gasteiger partial charge in [0.25, 0.3) is 0 Å². The fourth-order valence-electron chi connectivity index (χ4n) is 3.94. The molecule has 1 saturated carbocycles. The predicted octanol–water partition coefficient (Wildman–Crippen LogP) is 4.92. The normalized spacial score (nSPS) is 23.2. The second kappa shape index (κ2) is 8.10. The average Bonchev–Trinajstić information content (AvgIpc) is 3.06. The highest BCUT2D eigenvalue weighted by molar-refractivity contribution is 6.29. The maximum absolute atomic E-state index is 12.8. The van der Waals surface area contributed by atoms with Crippen molar-refractivity contribution in [1.29, 1.82) is 0 Å². The first kappa shape index (κ1) is 20.0. The molecule has 0 amide bonds. The summed E-state index contributed by atoms with van der Waals surface area (Å²) in [6.45, 7) is 0.759. The van der Waals surface area contributed by atoms with Crippen molar-refractivity contribution in [2.45, 2.75) is 45.2 Å². The molecule has 0 unspecified atom stereocenters. The Morgan fingerprint density at radius 2 is 2.07 bits per heavy atom. The first-order valence-corrected chi connectivity index (χ1v) is 9.54. The Morgan fingerprint density at radius 1 is 1.37 bits per heavy atom. The molecule has 0 aliphatic heterocycles. The Hall–Kier alpha value is -1.73. The summed E-state index contributed by atoms with van der Waals surface area (Å²) >= 11 is 6.08. The molecule has 1 N–H and O–H groups in total. The largest absolute Gasteiger partial charge is 0.382 e. The Labute approximate surface area is 163 Å². The molecular weight excluding hydrogens is 372 g/mol. The molecular formula is C19H26ClF2N5. The van der Waals surface area contributed by atoms with Gasteiger partial charge >= 0.3 is 6.55 Å². The van der Waals surface area contributed by atoms with E-state index >= 15 is 0 Å². The van der Waals surface area contributed by atoms with Crippen molar-refractivity contribution in [3.63, 3.8) is 0 Å². The molecule has 0 radical (unpaired) electrons. The highest BCUT2D eigenvalue weighted by Gasteiger charge is 2.31. The van der Waals surface area contributed by atoms with Crippen molar-refractivity contribution >= 4 is 17.3 Å². The molecule has 2 heterocycles. The van der Waals surface area contributed by atoms with Crippen LogP contribution in [0.2, 0.25) is 5.15 Å². The fourth-order valence-corrected chi connectivity index (χ4v) is 4.10. The number of rotatable bonds is 6. The molecule has 0 aromatic carbocycles. The summed E-state index contributed by atoms with van der Waals surface area (Å²) in [5.41, 5.74) is 2.25. The van der Waals surface area contributed by atoms with Crippen LogP contribution >= 0.6 is 11.6 Å². The summed E-state index contributed by atoms with van der Waals surface area (Å²) in [4.78, 5) is 6.35. The lowest BCUT2D eigenvalue weighted by Gasteiger charge is -2.39. The van der Waals surface area contributed by atoms with E-state index < -0.39 is 6.55 Å². The van der Waals surface area contributed by atoms with E-state index in [1.165, 1.54) is 6.20 Å². The van der Waals surface area contributed by atoms with Crippen molar-refractivity contribution in [3.05, 3.63) is 29.7 Å². The standard InChI is InChI=1S/C19H26ClF2N5/c1-19(12-26(2)3)7-4-13(5-8-19)24-16-10-17(20)23-11-14(16)15-6-9-27(25-15)18(21)22/h6,9-11,13,18H,4-5,7-8,12H2,1-3H3,(H,23,24). The minimum absolute atomic E-state index is 0.314. The van der Waals surface area contributed by atoms with Gasteiger partial charge in [-0.3, -0.25) is 0 Å². The van der Waals surface area contributed by atoms with Crippen molar-refractivity contribution < 1.29 is 8.78 Å². The molecule has 8 heteroatoms. The maximum atomic E-state index is 12.8. The molecule has 0 saturated heterocycles. The van der Waals surface area contributed by atoms with E-state index in [-0.39, 0.29) is 0 Å². The molecule has 1 fully saturated rings. The minimum atomic E-state index is -2.66. The predicted molar refractivity (Wildman–Crippen MR) is 104 cm³/mol. The Kier molecular flexibility index (Phi) is 6.01. The lowest BCUT2D eigenvalue weighted by molar-refractivity contribution is 0.0568. The molecule has 1 aliphatic carbocycles. The van der Waals surface area contributed by atoms with E-state index in [1.807, 2.05) is 0 Å². The zero-order valence-electron chi connectivity index (χ0n) is 15.9. The minimum Gasteiger partial charge on any atom is -0.382 e. The van der Waals surface area contributed by atoms with Crippen LogP contribution in [0.15, 0.2) is 24.5 Å². The van der Waals surface area contributed by atoms with Crippen LogP contribution in [0.1, 0.15) is 39.2 Å². The summed E-state index contributed by atoms with van der Waals surface area (Å²) in [5.74, 6) is 0. The number of nitrogens with zero attached hydrogens (tertiary/aromatic N) is 4. The molecule has 0 bridgehead atoms. The van der Waals surface area contributed by atoms with Crippen molar-refractivity contribution in [3.8, 4) is 11.3 Å². The van der Waals surface area contributed by atoms with Crippen LogP contribution in [-0.4, -0.2) is 46.3 Å². The number of hydrogen-bond donors (Lipinski definition) is 1. The van der Waals surface area contributed by atoms with E-state index in [1.54, 1.807) is 18.3 Å². The molecule has 3 rings (SSSR count). The number of pyridine rings is 1. The lowest BCUT2D eigenvalue weighted by Crippen LogP contribution is -2.38. The van der Waals surface area contributed by atoms with Gasteiger partial charge in [-0.25, -0.2) is 9.67 Å². The van der Waals surface area contributed by atoms with Gasteiger partial charge in [-0.1, -0.05) is 18.5 Å². The van der Waals surface area contributed by atoms with Crippen molar-refractivity contribution in [2.24, 2.45) is 5.41 Å². The molecule has 1 aliphatic rings. The van der Waals surface area contributed by atoms with Gasteiger partial charge < -0.3 is 10.2 Å². The quantitative estimate of drug-likeness (QED) is 0.703. The van der Waals surface area contributed by atoms with Crippen LogP contribution in [0.5, 0.6) is 0 Å². The topological polar surface area (TPSA) is 46.0 Å². The first-order chi connectivity index (χ1) is 12.8. The molecule has 0 spiro atoms. The second-order valence-corrected chi connectivity index (χ2v) is 8.37. The maximum Gasteiger partial charge on any atom is 0.333 e. The average molecular weight is 398 g/mol. The van der Waals surface area contributed by atoms with Crippen LogP contribution < -0.4 is 5.32 Å². The van der Waals surface area contributed by atoms with Crippen LogP contribution in [0.3, 0.4) is 0 Å². The third-order valence-electron chi connectivity index (χ3n) is 5.21. The van der Waals surface area contributed by atoms with E-state index in [2.05, 4.69) is 41.3 Å². The Bertz CT molecular complexity index is 769. The van der Waals surface area contributed by atoms with Crippen LogP contribution in [0.25, 0.3) is 11.3 Å². The number of aromatic nitrogens is 3. The summed E-state index contributed by atoms with van der Waals surface area (Å²) < 4.78 is 26.3. The van der Waals surface area contributed by atoms with E-state index in [9.17, 15) is 8.78 Å². The zero-order chi connectivity index (χ0) is 19.6. The highest BCUT2D eigenvalue weighted by atomic mass is 35.5. The van der Waals surface area contributed by atoms with Crippen molar-refractivity contribution in [2.75, 3.05) is 26.0 Å². The summed E-state index contributed by atoms with van der Waals surface area (Å²) in [7, 11) is 4.22. The lowest BCUT2D eigenvalue weighted by atomic mass is 9.73. The number of hydrogen-bond acceptors (Lipinski definition) is 4. The van der Waals surface area contributed by atoms with Crippen LogP contribution in [0.4, 0.5) is 14.5 Å². The summed E-state index contributed by atoms with van der Waals surface area (Å²) in [5, 5.41) is 7.86. The Morgan fingerprint density at radius 3 is 2.67 bits per heavy atom. The summed E-state index contributed by atoms with van der Waals surface area (Å²) in [6.07, 6.45) is 7.23. The van der Waals surface area contributed by atoms with Crippen LogP contribution in [-0.2, 0) is 0 Å². The van der Waals surface area contributed by atoms with E-state index in [4.69, 9.17) is 11.6 Å². The molecule has 5 nitrogen and oxygen atoms in total. The van der Waals surface area contributed by atoms with Crippen molar-refractivity contribution in [1.82, 2.24) is 19.7 Å². The van der Waals surface area contributed by atoms with Gasteiger partial charge in [0.1, 0.15) is 5.15 Å². The van der Waals surface area contributed by atoms with Gasteiger partial charge in [0.15, 0.2) is 0 Å². The third kappa shape index (κ3) is 4.96. The molecule has 27 heavy (non-hydrogen) atoms. The van der Waals surface area contributed by atoms with Gasteiger partial charge in [-0.2, -0.15) is 13.9 Å². The monoisotopic (exact) mass is 397 g/mol. The van der Waals surface area contributed by atoms with Gasteiger partial charge in [-0.05, 0) is 57.3 Å². The highest BCUT2D eigenvalue weighted by Crippen LogP contribution is 2.38. The van der Waals surface area contributed by atoms with Gasteiger partial charge in [0.2, 0.25) is 0 Å². The molecule has 0 atom stereocenters.